The Kier molecular flexibility index (Phi) is 7.55. The number of fused-ring (bicyclic) bond motifs is 2. The van der Waals surface area contributed by atoms with Crippen LogP contribution in [0.4, 0.5) is 5.69 Å². The highest BCUT2D eigenvalue weighted by Gasteiger charge is 2.35. The average Bonchev–Trinajstić information content (AvgIpc) is 3.79. The van der Waals surface area contributed by atoms with Gasteiger partial charge in [0.15, 0.2) is 0 Å². The molecule has 2 atom stereocenters. The van der Waals surface area contributed by atoms with Crippen LogP contribution in [0.5, 0.6) is 0 Å². The molecule has 0 fully saturated rings. The molecule has 9 nitrogen and oxygen atoms in total. The van der Waals surface area contributed by atoms with Crippen LogP contribution < -0.4 is 16.0 Å². The van der Waals surface area contributed by atoms with Crippen molar-refractivity contribution in [1.29, 1.82) is 0 Å². The van der Waals surface area contributed by atoms with Gasteiger partial charge in [0.1, 0.15) is 11.7 Å². The first kappa shape index (κ1) is 28.7. The number of nitrogens with zero attached hydrogens (tertiary/aromatic N) is 3. The van der Waals surface area contributed by atoms with Crippen LogP contribution in [-0.2, 0) is 31.4 Å². The molecule has 0 saturated carbocycles. The number of hydrogen-bond acceptors (Lipinski definition) is 5. The third-order valence-electron chi connectivity index (χ3n) is 9.27. The van der Waals surface area contributed by atoms with E-state index in [2.05, 4.69) is 67.6 Å². The van der Waals surface area contributed by atoms with E-state index >= 15 is 0 Å². The van der Waals surface area contributed by atoms with Gasteiger partial charge in [0, 0.05) is 49.2 Å². The zero-order valence-electron chi connectivity index (χ0n) is 25.8. The fourth-order valence-corrected chi connectivity index (χ4v) is 6.91. The van der Waals surface area contributed by atoms with E-state index in [0.29, 0.717) is 11.4 Å². The minimum absolute atomic E-state index is 0.197. The summed E-state index contributed by atoms with van der Waals surface area (Å²) in [6.07, 6.45) is 4.25. The molecular formula is C36H37N7O2. The van der Waals surface area contributed by atoms with Crippen LogP contribution >= 0.6 is 0 Å². The van der Waals surface area contributed by atoms with Gasteiger partial charge in [-0.25, -0.2) is 0 Å². The molecular weight excluding hydrogens is 562 g/mol. The Hall–Kier alpha value is -5.02. The van der Waals surface area contributed by atoms with E-state index in [4.69, 9.17) is 0 Å². The van der Waals surface area contributed by atoms with E-state index in [1.807, 2.05) is 38.1 Å². The number of hydrogen-bond donors (Lipinski definition) is 4. The van der Waals surface area contributed by atoms with Crippen LogP contribution in [0.3, 0.4) is 0 Å². The molecule has 7 rings (SSSR count). The van der Waals surface area contributed by atoms with Gasteiger partial charge in [-0.1, -0.05) is 42.5 Å². The molecule has 1 aliphatic carbocycles. The van der Waals surface area contributed by atoms with Crippen LogP contribution in [0.1, 0.15) is 62.9 Å². The fraction of sp³-hybridized carbons (Fsp3) is 0.278. The number of nitrogens with one attached hydrogen (secondary N) is 4. The molecule has 0 unspecified atom stereocenters. The highest BCUT2D eigenvalue weighted by atomic mass is 16.2. The van der Waals surface area contributed by atoms with Gasteiger partial charge in [0.05, 0.1) is 5.69 Å². The molecule has 228 valence electrons. The number of aromatic amines is 1. The zero-order chi connectivity index (χ0) is 31.1. The van der Waals surface area contributed by atoms with Gasteiger partial charge in [-0.3, -0.25) is 19.4 Å². The van der Waals surface area contributed by atoms with E-state index in [9.17, 15) is 9.59 Å². The molecule has 3 aromatic carbocycles. The van der Waals surface area contributed by atoms with E-state index < -0.39 is 6.04 Å². The predicted molar refractivity (Wildman–Crippen MR) is 175 cm³/mol. The molecule has 0 bridgehead atoms. The van der Waals surface area contributed by atoms with Crippen LogP contribution in [-0.4, -0.2) is 37.8 Å². The van der Waals surface area contributed by atoms with E-state index in [1.165, 1.54) is 21.4 Å². The molecule has 1 aliphatic heterocycles. The van der Waals surface area contributed by atoms with Crippen LogP contribution in [0.15, 0.2) is 72.9 Å². The molecule has 9 heteroatoms. The van der Waals surface area contributed by atoms with Crippen molar-refractivity contribution in [1.82, 2.24) is 30.6 Å². The third-order valence-corrected chi connectivity index (χ3v) is 9.27. The number of carbonyl (C=O) groups is 2. The highest BCUT2D eigenvalue weighted by molar-refractivity contribution is 6.01. The SMILES string of the molecule is Cc1n[nH]c(C)c1-c1ccc(NC(=O)[C@@H](NC(=O)c2ccnn2C)[C@@H]2CCCc3ccc(-c4ccc5c(c4)CNC5)cc32)cc1. The number of rotatable bonds is 7. The maximum Gasteiger partial charge on any atom is 0.270 e. The van der Waals surface area contributed by atoms with Gasteiger partial charge < -0.3 is 16.0 Å². The van der Waals surface area contributed by atoms with Gasteiger partial charge in [0.25, 0.3) is 5.91 Å². The Bertz CT molecular complexity index is 1880. The topological polar surface area (TPSA) is 117 Å². The summed E-state index contributed by atoms with van der Waals surface area (Å²) in [5, 5.41) is 21.1. The van der Waals surface area contributed by atoms with Gasteiger partial charge in [-0.05, 0) is 96.3 Å². The number of amides is 2. The van der Waals surface area contributed by atoms with Crippen molar-refractivity contribution in [3.63, 3.8) is 0 Å². The summed E-state index contributed by atoms with van der Waals surface area (Å²) >= 11 is 0. The fourth-order valence-electron chi connectivity index (χ4n) is 6.91. The Balaban J connectivity index is 1.21. The molecule has 4 N–H and O–H groups in total. The number of anilines is 1. The Morgan fingerprint density at radius 1 is 0.911 bits per heavy atom. The maximum absolute atomic E-state index is 14.1. The van der Waals surface area contributed by atoms with Crippen molar-refractivity contribution in [3.05, 3.63) is 112 Å². The van der Waals surface area contributed by atoms with E-state index in [1.54, 1.807) is 19.3 Å². The highest BCUT2D eigenvalue weighted by Crippen LogP contribution is 2.38. The molecule has 5 aromatic rings. The second-order valence-corrected chi connectivity index (χ2v) is 12.2. The second kappa shape index (κ2) is 11.8. The van der Waals surface area contributed by atoms with Crippen molar-refractivity contribution in [2.45, 2.75) is 58.2 Å². The minimum Gasteiger partial charge on any atom is -0.338 e. The lowest BCUT2D eigenvalue weighted by atomic mass is 9.77. The predicted octanol–water partition coefficient (Wildman–Crippen LogP) is 5.55. The van der Waals surface area contributed by atoms with E-state index in [0.717, 1.165) is 71.6 Å². The van der Waals surface area contributed by atoms with Gasteiger partial charge in [-0.2, -0.15) is 10.2 Å². The summed E-state index contributed by atoms with van der Waals surface area (Å²) in [5.41, 5.74) is 12.4. The first-order valence-electron chi connectivity index (χ1n) is 15.5. The summed E-state index contributed by atoms with van der Waals surface area (Å²) in [6, 6.07) is 21.9. The number of benzene rings is 3. The molecule has 3 heterocycles. The first-order valence-corrected chi connectivity index (χ1v) is 15.5. The van der Waals surface area contributed by atoms with Gasteiger partial charge in [0.2, 0.25) is 5.91 Å². The van der Waals surface area contributed by atoms with Gasteiger partial charge in [-0.15, -0.1) is 0 Å². The monoisotopic (exact) mass is 599 g/mol. The summed E-state index contributed by atoms with van der Waals surface area (Å²) in [5.74, 6) is -0.774. The summed E-state index contributed by atoms with van der Waals surface area (Å²) in [6.45, 7) is 5.75. The molecule has 0 spiro atoms. The summed E-state index contributed by atoms with van der Waals surface area (Å²) in [7, 11) is 1.73. The average molecular weight is 600 g/mol. The number of aryl methyl sites for hydroxylation is 4. The van der Waals surface area contributed by atoms with Crippen LogP contribution in [0, 0.1) is 13.8 Å². The smallest absolute Gasteiger partial charge is 0.270 e. The maximum atomic E-state index is 14.1. The second-order valence-electron chi connectivity index (χ2n) is 12.2. The lowest BCUT2D eigenvalue weighted by molar-refractivity contribution is -0.118. The normalized spacial score (nSPS) is 16.1. The first-order chi connectivity index (χ1) is 21.9. The molecule has 2 aliphatic rings. The standard InChI is InChI=1S/C36H37N7O2/c1-21-33(22(2)42-41-21)24-11-13-29(14-12-24)39-36(45)34(40-35(44)32-15-16-38-43(32)3)30-6-4-5-23-7-8-26(18-31(23)30)25-9-10-27-19-37-20-28(27)17-25/h7-18,30,34,37H,4-6,19-20H2,1-3H3,(H,39,45)(H,40,44)(H,41,42)/t30-,34+/m1/s1. The van der Waals surface area contributed by atoms with Gasteiger partial charge >= 0.3 is 0 Å². The Labute approximate surface area is 262 Å². The third kappa shape index (κ3) is 5.55. The number of aromatic nitrogens is 4. The lowest BCUT2D eigenvalue weighted by Crippen LogP contribution is -2.48. The van der Waals surface area contributed by atoms with Crippen molar-refractivity contribution < 1.29 is 9.59 Å². The molecule has 2 amide bonds. The minimum atomic E-state index is -0.788. The van der Waals surface area contributed by atoms with Crippen LogP contribution in [0.2, 0.25) is 0 Å². The molecule has 45 heavy (non-hydrogen) atoms. The lowest BCUT2D eigenvalue weighted by Gasteiger charge is -2.32. The zero-order valence-corrected chi connectivity index (χ0v) is 25.8. The summed E-state index contributed by atoms with van der Waals surface area (Å²) in [4.78, 5) is 27.7. The quantitative estimate of drug-likeness (QED) is 0.196. The largest absolute Gasteiger partial charge is 0.338 e. The number of H-pyrrole nitrogens is 1. The Morgan fingerprint density at radius 3 is 2.38 bits per heavy atom. The molecule has 0 saturated heterocycles. The van der Waals surface area contributed by atoms with Crippen LogP contribution in [0.25, 0.3) is 22.3 Å². The molecule has 2 aromatic heterocycles. The van der Waals surface area contributed by atoms with Crippen molar-refractivity contribution in [3.8, 4) is 22.3 Å². The van der Waals surface area contributed by atoms with Crippen molar-refractivity contribution in [2.24, 2.45) is 7.05 Å². The molecule has 0 radical (unpaired) electrons. The summed E-state index contributed by atoms with van der Waals surface area (Å²) < 4.78 is 1.53. The van der Waals surface area contributed by atoms with Crippen molar-refractivity contribution in [2.75, 3.05) is 5.32 Å². The Morgan fingerprint density at radius 2 is 1.64 bits per heavy atom. The van der Waals surface area contributed by atoms with Crippen molar-refractivity contribution >= 4 is 17.5 Å². The van der Waals surface area contributed by atoms with E-state index in [-0.39, 0.29) is 17.7 Å². The number of carbonyl (C=O) groups excluding carboxylic acids is 2.